The third-order valence-electron chi connectivity index (χ3n) is 4.97. The summed E-state index contributed by atoms with van der Waals surface area (Å²) in [7, 11) is -7.41. The molecule has 1 aliphatic heterocycles. The zero-order valence-electron chi connectivity index (χ0n) is 16.1. The lowest BCUT2D eigenvalue weighted by Crippen LogP contribution is -2.23. The van der Waals surface area contributed by atoms with Gasteiger partial charge in [0.1, 0.15) is 5.82 Å². The molecule has 1 saturated heterocycles. The summed E-state index contributed by atoms with van der Waals surface area (Å²) in [6.07, 6.45) is -0.00859. The summed E-state index contributed by atoms with van der Waals surface area (Å²) in [5.74, 6) is -2.17. The lowest BCUT2D eigenvalue weighted by atomic mass is 10.0. The van der Waals surface area contributed by atoms with Crippen LogP contribution in [0.15, 0.2) is 47.4 Å². The Bertz CT molecular complexity index is 1160. The van der Waals surface area contributed by atoms with E-state index in [2.05, 4.69) is 5.32 Å². The molecule has 0 bridgehead atoms. The Morgan fingerprint density at radius 3 is 2.48 bits per heavy atom. The average molecular weight is 440 g/mol. The van der Waals surface area contributed by atoms with Gasteiger partial charge in [0.15, 0.2) is 19.7 Å². The van der Waals surface area contributed by atoms with Crippen LogP contribution in [0, 0.1) is 5.82 Å². The molecule has 0 radical (unpaired) electrons. The molecule has 0 saturated carbocycles. The van der Waals surface area contributed by atoms with Gasteiger partial charge in [0.25, 0.3) is 5.91 Å². The number of hydrogen-bond acceptors (Lipinski definition) is 5. The molecule has 0 unspecified atom stereocenters. The van der Waals surface area contributed by atoms with Crippen molar-refractivity contribution >= 4 is 31.3 Å². The first-order chi connectivity index (χ1) is 13.5. The quantitative estimate of drug-likeness (QED) is 0.722. The van der Waals surface area contributed by atoms with Gasteiger partial charge in [0.05, 0.1) is 27.2 Å². The number of carbonyl (C=O) groups excluding carboxylic acids is 1. The largest absolute Gasteiger partial charge is 0.322 e. The van der Waals surface area contributed by atoms with Gasteiger partial charge in [-0.15, -0.1) is 0 Å². The molecule has 6 nitrogen and oxygen atoms in total. The fraction of sp³-hybridized carbons (Fsp3) is 0.350. The van der Waals surface area contributed by atoms with E-state index in [9.17, 15) is 26.0 Å². The van der Waals surface area contributed by atoms with Gasteiger partial charge in [-0.2, -0.15) is 0 Å². The summed E-state index contributed by atoms with van der Waals surface area (Å²) < 4.78 is 63.2. The molecular weight excluding hydrogens is 417 g/mol. The van der Waals surface area contributed by atoms with Crippen LogP contribution in [0.1, 0.15) is 42.1 Å². The number of sulfone groups is 2. The molecule has 0 aromatic heterocycles. The molecule has 2 aromatic rings. The molecule has 1 atom stereocenters. The minimum Gasteiger partial charge on any atom is -0.322 e. The lowest BCUT2D eigenvalue weighted by molar-refractivity contribution is 0.102. The standard InChI is InChI=1S/C20H22FNO5S2/c1-13(2)16-5-3-4-6-19(16)22-20(23)17-11-14(7-8-18(17)21)29(26,27)15-9-10-28(24,25)12-15/h3-8,11,13,15H,9-10,12H2,1-2H3,(H,22,23)/t15-/m0/s1. The van der Waals surface area contributed by atoms with Crippen LogP contribution in [0.5, 0.6) is 0 Å². The van der Waals surface area contributed by atoms with Crippen molar-refractivity contribution in [3.63, 3.8) is 0 Å². The maximum Gasteiger partial charge on any atom is 0.258 e. The Labute approximate surface area is 170 Å². The predicted octanol–water partition coefficient (Wildman–Crippen LogP) is 3.16. The van der Waals surface area contributed by atoms with E-state index in [4.69, 9.17) is 0 Å². The highest BCUT2D eigenvalue weighted by Gasteiger charge is 2.38. The predicted molar refractivity (Wildman–Crippen MR) is 109 cm³/mol. The van der Waals surface area contributed by atoms with Gasteiger partial charge in [0.2, 0.25) is 0 Å². The lowest BCUT2D eigenvalue weighted by Gasteiger charge is -2.15. The van der Waals surface area contributed by atoms with Crippen LogP contribution < -0.4 is 5.32 Å². The molecular formula is C20H22FNO5S2. The van der Waals surface area contributed by atoms with Crippen LogP contribution in [0.4, 0.5) is 10.1 Å². The smallest absolute Gasteiger partial charge is 0.258 e. The first kappa shape index (κ1) is 21.4. The molecule has 156 valence electrons. The van der Waals surface area contributed by atoms with Gasteiger partial charge >= 0.3 is 0 Å². The van der Waals surface area contributed by atoms with Crippen molar-refractivity contribution in [1.29, 1.82) is 0 Å². The summed E-state index contributed by atoms with van der Waals surface area (Å²) in [4.78, 5) is 12.4. The molecule has 0 aliphatic carbocycles. The Balaban J connectivity index is 1.93. The van der Waals surface area contributed by atoms with Crippen LogP contribution in [0.25, 0.3) is 0 Å². The third-order valence-corrected chi connectivity index (χ3v) is 9.14. The fourth-order valence-corrected chi connectivity index (χ4v) is 7.74. The van der Waals surface area contributed by atoms with Crippen molar-refractivity contribution < 1.29 is 26.0 Å². The summed E-state index contributed by atoms with van der Waals surface area (Å²) in [6.45, 7) is 3.91. The third kappa shape index (κ3) is 4.51. The van der Waals surface area contributed by atoms with Gasteiger partial charge < -0.3 is 5.32 Å². The molecule has 9 heteroatoms. The zero-order valence-corrected chi connectivity index (χ0v) is 17.7. The van der Waals surface area contributed by atoms with E-state index in [-0.39, 0.29) is 23.0 Å². The van der Waals surface area contributed by atoms with Gasteiger partial charge in [-0.05, 0) is 42.2 Å². The van der Waals surface area contributed by atoms with Crippen molar-refractivity contribution in [3.05, 3.63) is 59.4 Å². The molecule has 2 aromatic carbocycles. The SMILES string of the molecule is CC(C)c1ccccc1NC(=O)c1cc(S(=O)(=O)[C@H]2CCS(=O)(=O)C2)ccc1F. The molecule has 1 N–H and O–H groups in total. The first-order valence-electron chi connectivity index (χ1n) is 9.15. The average Bonchev–Trinajstić information content (AvgIpc) is 3.02. The Morgan fingerprint density at radius 2 is 1.86 bits per heavy atom. The highest BCUT2D eigenvalue weighted by Crippen LogP contribution is 2.28. The number of rotatable bonds is 5. The monoisotopic (exact) mass is 439 g/mol. The van der Waals surface area contributed by atoms with E-state index in [0.717, 1.165) is 23.8 Å². The molecule has 1 heterocycles. The van der Waals surface area contributed by atoms with E-state index >= 15 is 0 Å². The van der Waals surface area contributed by atoms with Crippen molar-refractivity contribution in [2.75, 3.05) is 16.8 Å². The summed E-state index contributed by atoms with van der Waals surface area (Å²) >= 11 is 0. The van der Waals surface area contributed by atoms with Crippen molar-refractivity contribution in [1.82, 2.24) is 0 Å². The van der Waals surface area contributed by atoms with Crippen LogP contribution in [0.3, 0.4) is 0 Å². The van der Waals surface area contributed by atoms with Gasteiger partial charge in [0, 0.05) is 5.69 Å². The maximum atomic E-state index is 14.3. The van der Waals surface area contributed by atoms with Gasteiger partial charge in [-0.25, -0.2) is 21.2 Å². The van der Waals surface area contributed by atoms with Crippen LogP contribution in [-0.2, 0) is 19.7 Å². The Morgan fingerprint density at radius 1 is 1.17 bits per heavy atom. The Hall–Kier alpha value is -2.26. The number of anilines is 1. The molecule has 0 spiro atoms. The second-order valence-corrected chi connectivity index (χ2v) is 11.9. The van der Waals surface area contributed by atoms with E-state index in [1.807, 2.05) is 26.0 Å². The van der Waals surface area contributed by atoms with E-state index < -0.39 is 48.0 Å². The molecule has 1 amide bonds. The minimum absolute atomic E-state index is 0.00859. The van der Waals surface area contributed by atoms with Crippen molar-refractivity contribution in [3.8, 4) is 0 Å². The van der Waals surface area contributed by atoms with Crippen LogP contribution >= 0.6 is 0 Å². The maximum absolute atomic E-state index is 14.3. The fourth-order valence-electron chi connectivity index (χ4n) is 3.36. The van der Waals surface area contributed by atoms with Crippen LogP contribution in [-0.4, -0.2) is 39.5 Å². The molecule has 1 aliphatic rings. The van der Waals surface area contributed by atoms with Gasteiger partial charge in [-0.1, -0.05) is 32.0 Å². The number of nitrogens with one attached hydrogen (secondary N) is 1. The summed E-state index contributed by atoms with van der Waals surface area (Å²) in [5.41, 5.74) is 0.966. The van der Waals surface area contributed by atoms with Crippen molar-refractivity contribution in [2.24, 2.45) is 0 Å². The first-order valence-corrected chi connectivity index (χ1v) is 12.5. The second kappa shape index (κ2) is 7.87. The molecule has 3 rings (SSSR count). The number of halogens is 1. The second-order valence-electron chi connectivity index (χ2n) is 7.41. The van der Waals surface area contributed by atoms with Gasteiger partial charge in [-0.3, -0.25) is 4.79 Å². The number of hydrogen-bond donors (Lipinski definition) is 1. The normalized spacial score (nSPS) is 18.7. The number of benzene rings is 2. The minimum atomic E-state index is -4.00. The zero-order chi connectivity index (χ0) is 21.4. The number of para-hydroxylation sites is 1. The summed E-state index contributed by atoms with van der Waals surface area (Å²) in [5, 5.41) is 1.55. The van der Waals surface area contributed by atoms with E-state index in [1.165, 1.54) is 0 Å². The topological polar surface area (TPSA) is 97.4 Å². The number of carbonyl (C=O) groups is 1. The molecule has 1 fully saturated rings. The molecule has 29 heavy (non-hydrogen) atoms. The van der Waals surface area contributed by atoms with Crippen LogP contribution in [0.2, 0.25) is 0 Å². The van der Waals surface area contributed by atoms with Crippen molar-refractivity contribution in [2.45, 2.75) is 36.3 Å². The Kier molecular flexibility index (Phi) is 5.82. The highest BCUT2D eigenvalue weighted by atomic mass is 32.2. The summed E-state index contributed by atoms with van der Waals surface area (Å²) in [6, 6.07) is 10.1. The number of amides is 1. The van der Waals surface area contributed by atoms with E-state index in [0.29, 0.717) is 5.69 Å². The van der Waals surface area contributed by atoms with E-state index in [1.54, 1.807) is 12.1 Å². The highest BCUT2D eigenvalue weighted by molar-refractivity contribution is 7.96.